The standard InChI is InChI=1S/C7H15NO/c1-4-5-6(2)7(9)8-3/h4,6-9H,1,5H2,2-3H3. The maximum atomic E-state index is 9.10. The molecule has 0 radical (unpaired) electrons. The predicted molar refractivity (Wildman–Crippen MR) is 39.0 cm³/mol. The molecule has 0 spiro atoms. The van der Waals surface area contributed by atoms with Crippen LogP contribution in [-0.2, 0) is 0 Å². The third kappa shape index (κ3) is 3.27. The van der Waals surface area contributed by atoms with Crippen molar-refractivity contribution in [2.24, 2.45) is 5.92 Å². The van der Waals surface area contributed by atoms with Gasteiger partial charge in [0, 0.05) is 0 Å². The molecule has 0 aliphatic carbocycles. The van der Waals surface area contributed by atoms with E-state index in [1.54, 1.807) is 7.05 Å². The van der Waals surface area contributed by atoms with Crippen LogP contribution < -0.4 is 5.32 Å². The summed E-state index contributed by atoms with van der Waals surface area (Å²) in [5.74, 6) is 0.257. The highest BCUT2D eigenvalue weighted by Gasteiger charge is 2.08. The molecule has 0 fully saturated rings. The molecule has 0 aliphatic rings. The number of rotatable bonds is 4. The molecule has 0 rings (SSSR count). The second kappa shape index (κ2) is 4.53. The molecule has 0 saturated heterocycles. The lowest BCUT2D eigenvalue weighted by atomic mass is 10.1. The van der Waals surface area contributed by atoms with Crippen molar-refractivity contribution in [1.29, 1.82) is 0 Å². The van der Waals surface area contributed by atoms with Crippen LogP contribution in [0.2, 0.25) is 0 Å². The predicted octanol–water partition coefficient (Wildman–Crippen LogP) is 0.736. The van der Waals surface area contributed by atoms with Gasteiger partial charge in [0.05, 0.1) is 0 Å². The first-order chi connectivity index (χ1) is 4.22. The van der Waals surface area contributed by atoms with Crippen LogP contribution in [0.25, 0.3) is 0 Å². The van der Waals surface area contributed by atoms with Gasteiger partial charge in [0.2, 0.25) is 0 Å². The summed E-state index contributed by atoms with van der Waals surface area (Å²) >= 11 is 0. The highest BCUT2D eigenvalue weighted by molar-refractivity contribution is 4.73. The van der Waals surface area contributed by atoms with E-state index in [9.17, 15) is 0 Å². The van der Waals surface area contributed by atoms with Gasteiger partial charge in [-0.3, -0.25) is 5.32 Å². The van der Waals surface area contributed by atoms with Crippen LogP contribution in [0.4, 0.5) is 0 Å². The Labute approximate surface area is 56.6 Å². The van der Waals surface area contributed by atoms with Gasteiger partial charge in [-0.15, -0.1) is 6.58 Å². The smallest absolute Gasteiger partial charge is 0.107 e. The van der Waals surface area contributed by atoms with Crippen molar-refractivity contribution in [1.82, 2.24) is 5.32 Å². The molecule has 2 atom stereocenters. The first-order valence-corrected chi connectivity index (χ1v) is 3.18. The van der Waals surface area contributed by atoms with E-state index < -0.39 is 6.23 Å². The van der Waals surface area contributed by atoms with Crippen molar-refractivity contribution in [3.05, 3.63) is 12.7 Å². The van der Waals surface area contributed by atoms with E-state index in [0.717, 1.165) is 6.42 Å². The summed E-state index contributed by atoms with van der Waals surface area (Å²) in [6, 6.07) is 0. The highest BCUT2D eigenvalue weighted by Crippen LogP contribution is 2.04. The largest absolute Gasteiger partial charge is 0.378 e. The van der Waals surface area contributed by atoms with Crippen LogP contribution in [0.15, 0.2) is 12.7 Å². The molecular formula is C7H15NO. The van der Waals surface area contributed by atoms with Gasteiger partial charge in [-0.05, 0) is 19.4 Å². The fraction of sp³-hybridized carbons (Fsp3) is 0.714. The van der Waals surface area contributed by atoms with Crippen LogP contribution >= 0.6 is 0 Å². The summed E-state index contributed by atoms with van der Waals surface area (Å²) in [4.78, 5) is 0. The summed E-state index contributed by atoms with van der Waals surface area (Å²) in [5, 5.41) is 11.9. The Morgan fingerprint density at radius 2 is 2.33 bits per heavy atom. The Morgan fingerprint density at radius 1 is 1.78 bits per heavy atom. The molecule has 2 heteroatoms. The lowest BCUT2D eigenvalue weighted by Gasteiger charge is -2.15. The first kappa shape index (κ1) is 8.66. The van der Waals surface area contributed by atoms with Gasteiger partial charge in [0.1, 0.15) is 6.23 Å². The Kier molecular flexibility index (Phi) is 4.36. The molecule has 0 aromatic carbocycles. The van der Waals surface area contributed by atoms with E-state index >= 15 is 0 Å². The van der Waals surface area contributed by atoms with Gasteiger partial charge in [0.25, 0.3) is 0 Å². The van der Waals surface area contributed by atoms with Crippen molar-refractivity contribution < 1.29 is 5.11 Å². The van der Waals surface area contributed by atoms with E-state index in [-0.39, 0.29) is 5.92 Å². The summed E-state index contributed by atoms with van der Waals surface area (Å²) in [5.41, 5.74) is 0. The van der Waals surface area contributed by atoms with Crippen LogP contribution in [-0.4, -0.2) is 18.4 Å². The second-order valence-corrected chi connectivity index (χ2v) is 2.24. The molecule has 0 bridgehead atoms. The lowest BCUT2D eigenvalue weighted by molar-refractivity contribution is 0.0921. The van der Waals surface area contributed by atoms with Crippen molar-refractivity contribution >= 4 is 0 Å². The fourth-order valence-electron chi connectivity index (χ4n) is 0.676. The van der Waals surface area contributed by atoms with Gasteiger partial charge < -0.3 is 5.11 Å². The zero-order chi connectivity index (χ0) is 7.28. The average molecular weight is 129 g/mol. The zero-order valence-electron chi connectivity index (χ0n) is 6.09. The number of hydrogen-bond acceptors (Lipinski definition) is 2. The number of allylic oxidation sites excluding steroid dienone is 1. The molecule has 0 saturated carbocycles. The molecule has 54 valence electrons. The Balaban J connectivity index is 3.44. The second-order valence-electron chi connectivity index (χ2n) is 2.24. The van der Waals surface area contributed by atoms with E-state index in [2.05, 4.69) is 11.9 Å². The van der Waals surface area contributed by atoms with Crippen molar-refractivity contribution in [2.75, 3.05) is 7.05 Å². The zero-order valence-corrected chi connectivity index (χ0v) is 6.09. The number of aliphatic hydroxyl groups is 1. The molecular weight excluding hydrogens is 114 g/mol. The highest BCUT2D eigenvalue weighted by atomic mass is 16.3. The average Bonchev–Trinajstić information content (AvgIpc) is 1.87. The molecule has 0 heterocycles. The molecule has 9 heavy (non-hydrogen) atoms. The van der Waals surface area contributed by atoms with Gasteiger partial charge >= 0.3 is 0 Å². The molecule has 2 unspecified atom stereocenters. The number of aliphatic hydroxyl groups excluding tert-OH is 1. The minimum atomic E-state index is -0.400. The topological polar surface area (TPSA) is 32.3 Å². The Morgan fingerprint density at radius 3 is 2.67 bits per heavy atom. The molecule has 0 aromatic heterocycles. The SMILES string of the molecule is C=CCC(C)C(O)NC. The number of nitrogens with one attached hydrogen (secondary N) is 1. The quantitative estimate of drug-likeness (QED) is 0.433. The fourth-order valence-corrected chi connectivity index (χ4v) is 0.676. The number of hydrogen-bond donors (Lipinski definition) is 2. The monoisotopic (exact) mass is 129 g/mol. The molecule has 0 amide bonds. The summed E-state index contributed by atoms with van der Waals surface area (Å²) < 4.78 is 0. The van der Waals surface area contributed by atoms with Crippen LogP contribution in [0.5, 0.6) is 0 Å². The van der Waals surface area contributed by atoms with E-state index in [0.29, 0.717) is 0 Å². The maximum absolute atomic E-state index is 9.10. The third-order valence-corrected chi connectivity index (χ3v) is 1.37. The molecule has 0 aliphatic heterocycles. The van der Waals surface area contributed by atoms with Gasteiger partial charge in [0.15, 0.2) is 0 Å². The van der Waals surface area contributed by atoms with Crippen LogP contribution in [0, 0.1) is 5.92 Å². The minimum Gasteiger partial charge on any atom is -0.378 e. The molecule has 2 N–H and O–H groups in total. The Bertz CT molecular complexity index is 83.0. The van der Waals surface area contributed by atoms with Gasteiger partial charge in [-0.25, -0.2) is 0 Å². The Hall–Kier alpha value is -0.340. The normalized spacial score (nSPS) is 16.8. The van der Waals surface area contributed by atoms with Gasteiger partial charge in [-0.1, -0.05) is 13.0 Å². The molecule has 2 nitrogen and oxygen atoms in total. The summed E-state index contributed by atoms with van der Waals surface area (Å²) in [6.45, 7) is 5.55. The van der Waals surface area contributed by atoms with Crippen molar-refractivity contribution in [2.45, 2.75) is 19.6 Å². The first-order valence-electron chi connectivity index (χ1n) is 3.18. The third-order valence-electron chi connectivity index (χ3n) is 1.37. The van der Waals surface area contributed by atoms with Crippen molar-refractivity contribution in [3.8, 4) is 0 Å². The van der Waals surface area contributed by atoms with E-state index in [4.69, 9.17) is 5.11 Å². The van der Waals surface area contributed by atoms with Crippen molar-refractivity contribution in [3.63, 3.8) is 0 Å². The summed E-state index contributed by atoms with van der Waals surface area (Å²) in [7, 11) is 1.74. The van der Waals surface area contributed by atoms with Crippen LogP contribution in [0.3, 0.4) is 0 Å². The summed E-state index contributed by atoms with van der Waals surface area (Å²) in [6.07, 6.45) is 2.26. The lowest BCUT2D eigenvalue weighted by Crippen LogP contribution is -2.31. The van der Waals surface area contributed by atoms with E-state index in [1.807, 2.05) is 13.0 Å². The minimum absolute atomic E-state index is 0.257. The maximum Gasteiger partial charge on any atom is 0.107 e. The molecule has 0 aromatic rings. The van der Waals surface area contributed by atoms with Gasteiger partial charge in [-0.2, -0.15) is 0 Å². The van der Waals surface area contributed by atoms with E-state index in [1.165, 1.54) is 0 Å². The van der Waals surface area contributed by atoms with Crippen LogP contribution in [0.1, 0.15) is 13.3 Å².